The zero-order chi connectivity index (χ0) is 28.3. The van der Waals surface area contributed by atoms with Crippen molar-refractivity contribution < 1.29 is 9.47 Å². The second-order valence-electron chi connectivity index (χ2n) is 11.3. The van der Waals surface area contributed by atoms with Gasteiger partial charge >= 0.3 is 6.08 Å². The Morgan fingerprint density at radius 3 is 1.75 bits per heavy atom. The summed E-state index contributed by atoms with van der Waals surface area (Å²) in [6.45, 7) is 6.23. The van der Waals surface area contributed by atoms with Crippen LogP contribution in [0.25, 0.3) is 0 Å². The van der Waals surface area contributed by atoms with Crippen molar-refractivity contribution in [3.05, 3.63) is 83.4 Å². The second-order valence-corrected chi connectivity index (χ2v) is 11.3. The van der Waals surface area contributed by atoms with Crippen LogP contribution in [0.5, 0.6) is 5.75 Å². The quantitative estimate of drug-likeness (QED) is 0.306. The van der Waals surface area contributed by atoms with Gasteiger partial charge in [-0.05, 0) is 63.1 Å². The maximum Gasteiger partial charge on any atom is 0.391 e. The molecular formula is C34H44N4O2. The summed E-state index contributed by atoms with van der Waals surface area (Å²) in [4.78, 5) is 11.7. The van der Waals surface area contributed by atoms with Crippen molar-refractivity contribution in [3.63, 3.8) is 0 Å². The molecular weight excluding hydrogens is 496 g/mol. The number of ether oxygens (including phenoxy) is 2. The Hall–Kier alpha value is -3.67. The van der Waals surface area contributed by atoms with Gasteiger partial charge in [-0.1, -0.05) is 43.5 Å². The lowest BCUT2D eigenvalue weighted by Crippen LogP contribution is -2.41. The van der Waals surface area contributed by atoms with Crippen LogP contribution in [0, 0.1) is 0 Å². The van der Waals surface area contributed by atoms with Gasteiger partial charge < -0.3 is 24.2 Å². The average Bonchev–Trinajstić information content (AvgIpc) is 2.98. The highest BCUT2D eigenvalue weighted by atomic mass is 16.7. The Balaban J connectivity index is 1.73. The molecule has 0 radical (unpaired) electrons. The van der Waals surface area contributed by atoms with Crippen LogP contribution in [-0.2, 0) is 10.3 Å². The van der Waals surface area contributed by atoms with Crippen LogP contribution in [0.4, 0.5) is 17.1 Å². The highest BCUT2D eigenvalue weighted by molar-refractivity contribution is 5.78. The van der Waals surface area contributed by atoms with Gasteiger partial charge in [0.25, 0.3) is 0 Å². The van der Waals surface area contributed by atoms with E-state index in [9.17, 15) is 0 Å². The summed E-state index contributed by atoms with van der Waals surface area (Å²) in [5.74, 6) is 0.804. The fraction of sp³-hybridized carbons (Fsp3) is 0.441. The largest absolute Gasteiger partial charge is 0.429 e. The molecule has 0 amide bonds. The molecule has 0 saturated heterocycles. The number of rotatable bonds is 8. The van der Waals surface area contributed by atoms with Gasteiger partial charge in [0.2, 0.25) is 0 Å². The molecule has 0 N–H and O–H groups in total. The van der Waals surface area contributed by atoms with E-state index in [0.717, 1.165) is 65.4 Å². The standard InChI is InChI=1S/C34H44N4O2/c1-7-38(8-2)30-22-23-31-32(24-30)39-33(35-27-12-10-9-11-13-27)40-34(31,25-14-18-28(19-15-25)36(3)4)26-16-20-29(21-17-26)37(5)6/h14-24,27H,7-13H2,1-6H3. The predicted octanol–water partition coefficient (Wildman–Crippen LogP) is 7.05. The van der Waals surface area contributed by atoms with E-state index in [4.69, 9.17) is 14.5 Å². The molecule has 0 aromatic heterocycles. The minimum atomic E-state index is -0.904. The molecule has 2 aliphatic rings. The first-order valence-electron chi connectivity index (χ1n) is 14.8. The van der Waals surface area contributed by atoms with Crippen molar-refractivity contribution in [1.29, 1.82) is 0 Å². The summed E-state index contributed by atoms with van der Waals surface area (Å²) in [6, 6.07) is 24.1. The third kappa shape index (κ3) is 5.36. The number of benzene rings is 3. The Labute approximate surface area is 240 Å². The first-order valence-corrected chi connectivity index (χ1v) is 14.8. The van der Waals surface area contributed by atoms with E-state index in [-0.39, 0.29) is 6.04 Å². The van der Waals surface area contributed by atoms with Gasteiger partial charge in [0.15, 0.2) is 5.60 Å². The van der Waals surface area contributed by atoms with E-state index in [1.165, 1.54) is 19.3 Å². The van der Waals surface area contributed by atoms with E-state index in [2.05, 4.69) is 123 Å². The van der Waals surface area contributed by atoms with E-state index < -0.39 is 5.60 Å². The van der Waals surface area contributed by atoms with Gasteiger partial charge in [-0.2, -0.15) is 0 Å². The molecule has 6 heteroatoms. The van der Waals surface area contributed by atoms with Crippen molar-refractivity contribution in [1.82, 2.24) is 0 Å². The molecule has 3 aromatic carbocycles. The van der Waals surface area contributed by atoms with Gasteiger partial charge in [0, 0.05) is 81.1 Å². The molecule has 0 atom stereocenters. The third-order valence-corrected chi connectivity index (χ3v) is 8.35. The number of nitrogens with zero attached hydrogens (tertiary/aromatic N) is 4. The molecule has 1 fully saturated rings. The first kappa shape index (κ1) is 27.9. The zero-order valence-corrected chi connectivity index (χ0v) is 25.0. The van der Waals surface area contributed by atoms with Crippen molar-refractivity contribution in [2.75, 3.05) is 56.0 Å². The summed E-state index contributed by atoms with van der Waals surface area (Å²) < 4.78 is 13.5. The smallest absolute Gasteiger partial charge is 0.391 e. The number of hydrogen-bond acceptors (Lipinski definition) is 6. The number of anilines is 3. The van der Waals surface area contributed by atoms with Crippen LogP contribution in [-0.4, -0.2) is 53.4 Å². The first-order chi connectivity index (χ1) is 19.3. The van der Waals surface area contributed by atoms with Crippen molar-refractivity contribution >= 4 is 23.1 Å². The van der Waals surface area contributed by atoms with Gasteiger partial charge in [-0.3, -0.25) is 0 Å². The highest BCUT2D eigenvalue weighted by Crippen LogP contribution is 2.49. The molecule has 0 bridgehead atoms. The van der Waals surface area contributed by atoms with Gasteiger partial charge in [-0.25, -0.2) is 4.99 Å². The SMILES string of the molecule is CCN(CC)c1ccc2c(c1)OC(=NC1CCCCC1)OC2(c1ccc(N(C)C)cc1)c1ccc(N(C)C)cc1. The van der Waals surface area contributed by atoms with Crippen molar-refractivity contribution in [2.45, 2.75) is 57.6 Å². The topological polar surface area (TPSA) is 40.5 Å². The lowest BCUT2D eigenvalue weighted by Gasteiger charge is -2.41. The van der Waals surface area contributed by atoms with E-state index in [1.807, 2.05) is 0 Å². The van der Waals surface area contributed by atoms with Gasteiger partial charge in [0.1, 0.15) is 5.75 Å². The maximum atomic E-state index is 7.02. The van der Waals surface area contributed by atoms with Crippen LogP contribution in [0.2, 0.25) is 0 Å². The second kappa shape index (κ2) is 11.8. The lowest BCUT2D eigenvalue weighted by atomic mass is 9.79. The van der Waals surface area contributed by atoms with Crippen LogP contribution in [0.1, 0.15) is 62.6 Å². The minimum absolute atomic E-state index is 0.223. The van der Waals surface area contributed by atoms with Crippen molar-refractivity contribution in [3.8, 4) is 5.75 Å². The minimum Gasteiger partial charge on any atom is -0.429 e. The Bertz CT molecular complexity index is 1250. The predicted molar refractivity (Wildman–Crippen MR) is 167 cm³/mol. The van der Waals surface area contributed by atoms with Crippen LogP contribution >= 0.6 is 0 Å². The fourth-order valence-electron chi connectivity index (χ4n) is 5.97. The monoisotopic (exact) mass is 540 g/mol. The highest BCUT2D eigenvalue weighted by Gasteiger charge is 2.46. The summed E-state index contributed by atoms with van der Waals surface area (Å²) in [6.07, 6.45) is 6.19. The number of hydrogen-bond donors (Lipinski definition) is 0. The molecule has 0 unspecified atom stereocenters. The Morgan fingerprint density at radius 1 is 0.725 bits per heavy atom. The number of fused-ring (bicyclic) bond motifs is 1. The molecule has 1 saturated carbocycles. The molecule has 1 heterocycles. The molecule has 6 nitrogen and oxygen atoms in total. The van der Waals surface area contributed by atoms with E-state index in [0.29, 0.717) is 6.08 Å². The van der Waals surface area contributed by atoms with Crippen LogP contribution < -0.4 is 19.4 Å². The Kier molecular flexibility index (Phi) is 8.24. The van der Waals surface area contributed by atoms with Crippen LogP contribution in [0.15, 0.2) is 71.7 Å². The lowest BCUT2D eigenvalue weighted by molar-refractivity contribution is 0.0806. The fourth-order valence-corrected chi connectivity index (χ4v) is 5.97. The third-order valence-electron chi connectivity index (χ3n) is 8.35. The summed E-state index contributed by atoms with van der Waals surface area (Å²) in [5, 5.41) is 0. The van der Waals surface area contributed by atoms with Crippen molar-refractivity contribution in [2.24, 2.45) is 4.99 Å². The van der Waals surface area contributed by atoms with Crippen LogP contribution in [0.3, 0.4) is 0 Å². The summed E-state index contributed by atoms with van der Waals surface area (Å²) in [5.41, 5.74) is 5.60. The normalized spacial score (nSPS) is 17.5. The zero-order valence-electron chi connectivity index (χ0n) is 25.0. The molecule has 0 spiro atoms. The molecule has 212 valence electrons. The van der Waals surface area contributed by atoms with E-state index in [1.54, 1.807) is 0 Å². The average molecular weight is 541 g/mol. The van der Waals surface area contributed by atoms with Gasteiger partial charge in [0.05, 0.1) is 6.04 Å². The maximum absolute atomic E-state index is 7.02. The summed E-state index contributed by atoms with van der Waals surface area (Å²) in [7, 11) is 8.26. The molecule has 1 aliphatic heterocycles. The molecule has 5 rings (SSSR count). The number of aliphatic imine (C=N–C) groups is 1. The molecule has 40 heavy (non-hydrogen) atoms. The van der Waals surface area contributed by atoms with E-state index >= 15 is 0 Å². The summed E-state index contributed by atoms with van der Waals surface area (Å²) >= 11 is 0. The molecule has 3 aromatic rings. The van der Waals surface area contributed by atoms with Gasteiger partial charge in [-0.15, -0.1) is 0 Å². The Morgan fingerprint density at radius 2 is 1.25 bits per heavy atom. The molecule has 1 aliphatic carbocycles.